The number of benzene rings is 2. The first kappa shape index (κ1) is 27.4. The van der Waals surface area contributed by atoms with E-state index in [2.05, 4.69) is 11.6 Å². The molecule has 3 aromatic rings. The number of nitrogens with zero attached hydrogens (tertiary/aromatic N) is 2. The molecule has 0 bridgehead atoms. The summed E-state index contributed by atoms with van der Waals surface area (Å²) in [6.07, 6.45) is 1.42. The highest BCUT2D eigenvalue weighted by molar-refractivity contribution is 7.17. The molecule has 1 unspecified atom stereocenters. The molecule has 0 aliphatic carbocycles. The highest BCUT2D eigenvalue weighted by Crippen LogP contribution is 2.45. The van der Waals surface area contributed by atoms with Gasteiger partial charge in [0.2, 0.25) is 0 Å². The number of aliphatic hydroxyl groups is 1. The Bertz CT molecular complexity index is 1490. The van der Waals surface area contributed by atoms with Crippen LogP contribution in [0.3, 0.4) is 0 Å². The van der Waals surface area contributed by atoms with Crippen LogP contribution < -0.4 is 14.4 Å². The summed E-state index contributed by atoms with van der Waals surface area (Å²) in [5, 5.41) is 21.6. The number of methoxy groups -OCH3 is 1. The summed E-state index contributed by atoms with van der Waals surface area (Å²) in [7, 11) is 1.36. The molecular weight excluding hydrogens is 524 g/mol. The largest absolute Gasteiger partial charge is 0.507 e. The van der Waals surface area contributed by atoms with Gasteiger partial charge in [-0.15, -0.1) is 0 Å². The zero-order chi connectivity index (χ0) is 28.3. The predicted molar refractivity (Wildman–Crippen MR) is 144 cm³/mol. The Morgan fingerprint density at radius 1 is 1.23 bits per heavy atom. The lowest BCUT2D eigenvalue weighted by atomic mass is 9.95. The first-order valence-corrected chi connectivity index (χ1v) is 12.7. The molecule has 1 aliphatic heterocycles. The van der Waals surface area contributed by atoms with E-state index < -0.39 is 29.5 Å². The number of hydrogen-bond donors (Lipinski definition) is 2. The van der Waals surface area contributed by atoms with E-state index in [1.165, 1.54) is 31.4 Å². The molecule has 0 radical (unpaired) electrons. The number of anilines is 1. The van der Waals surface area contributed by atoms with Gasteiger partial charge < -0.3 is 24.4 Å². The van der Waals surface area contributed by atoms with Crippen LogP contribution in [0.1, 0.15) is 39.5 Å². The van der Waals surface area contributed by atoms with Crippen molar-refractivity contribution in [3.05, 3.63) is 82.4 Å². The molecule has 1 fully saturated rings. The van der Waals surface area contributed by atoms with Gasteiger partial charge in [-0.25, -0.2) is 9.78 Å². The van der Waals surface area contributed by atoms with Gasteiger partial charge in [-0.3, -0.25) is 14.5 Å². The summed E-state index contributed by atoms with van der Waals surface area (Å²) >= 11 is 0.879. The third kappa shape index (κ3) is 5.21. The number of carbonyl (C=O) groups excluding carboxylic acids is 3. The quantitative estimate of drug-likeness (QED) is 0.129. The molecule has 10 nitrogen and oxygen atoms in total. The number of ether oxygens (including phenoxy) is 3. The number of aliphatic hydroxyl groups excluding tert-OH is 1. The molecule has 2 heterocycles. The Morgan fingerprint density at radius 2 is 2.00 bits per heavy atom. The maximum atomic E-state index is 13.5. The van der Waals surface area contributed by atoms with Crippen molar-refractivity contribution >= 4 is 39.9 Å². The molecule has 0 saturated carbocycles. The minimum absolute atomic E-state index is 0.00979. The highest BCUT2D eigenvalue weighted by Gasteiger charge is 2.48. The number of hydrogen-bond acceptors (Lipinski definition) is 10. The number of aromatic hydroxyl groups is 1. The van der Waals surface area contributed by atoms with E-state index in [1.54, 1.807) is 31.2 Å². The van der Waals surface area contributed by atoms with Crippen molar-refractivity contribution in [1.29, 1.82) is 0 Å². The Balaban J connectivity index is 1.91. The average molecular weight is 551 g/mol. The first-order valence-electron chi connectivity index (χ1n) is 11.9. The van der Waals surface area contributed by atoms with Crippen molar-refractivity contribution in [1.82, 2.24) is 4.98 Å². The number of aromatic nitrogens is 1. The number of aryl methyl sites for hydroxylation is 1. The van der Waals surface area contributed by atoms with Crippen LogP contribution in [0.2, 0.25) is 0 Å². The molecule has 1 aromatic heterocycles. The van der Waals surface area contributed by atoms with E-state index >= 15 is 0 Å². The van der Waals surface area contributed by atoms with E-state index in [4.69, 9.17) is 14.2 Å². The highest BCUT2D eigenvalue weighted by atomic mass is 32.1. The second-order valence-corrected chi connectivity index (χ2v) is 9.34. The Morgan fingerprint density at radius 3 is 2.69 bits per heavy atom. The van der Waals surface area contributed by atoms with Crippen LogP contribution in [0.25, 0.3) is 5.76 Å². The zero-order valence-electron chi connectivity index (χ0n) is 21.5. The Hall–Kier alpha value is -4.64. The minimum atomic E-state index is -1.15. The molecule has 11 heteroatoms. The van der Waals surface area contributed by atoms with Crippen molar-refractivity contribution in [3.8, 4) is 17.2 Å². The first-order chi connectivity index (χ1) is 18.7. The zero-order valence-corrected chi connectivity index (χ0v) is 22.3. The molecule has 4 rings (SSSR count). The molecule has 1 aliphatic rings. The second-order valence-electron chi connectivity index (χ2n) is 8.36. The maximum absolute atomic E-state index is 13.5. The van der Waals surface area contributed by atoms with Gasteiger partial charge in [0.15, 0.2) is 16.6 Å². The molecule has 202 valence electrons. The molecule has 2 aromatic carbocycles. The standard InChI is InChI=1S/C28H26N2O8S/c1-5-12-38-27(35)25-15(3)29-28(39-25)30-22(16-10-11-19(31)20(14-16)36-4)21(24(33)26(30)34)23(32)17-8-7-9-18(13-17)37-6-2/h5,7-11,13-14,22,31-32H,1,6,12H2,2-4H3/b23-21+. The number of Topliss-reactive ketones (excluding diaryl/α,β-unsaturated/α-hetero) is 1. The van der Waals surface area contributed by atoms with Crippen molar-refractivity contribution in [2.24, 2.45) is 0 Å². The lowest BCUT2D eigenvalue weighted by Crippen LogP contribution is -2.29. The Kier molecular flexibility index (Phi) is 8.01. The normalized spacial score (nSPS) is 16.3. The van der Waals surface area contributed by atoms with E-state index in [0.717, 1.165) is 16.2 Å². The van der Waals surface area contributed by atoms with Gasteiger partial charge in [0.05, 0.1) is 31.0 Å². The van der Waals surface area contributed by atoms with Gasteiger partial charge in [-0.05, 0) is 43.7 Å². The minimum Gasteiger partial charge on any atom is -0.507 e. The monoisotopic (exact) mass is 550 g/mol. The number of ketones is 1. The van der Waals surface area contributed by atoms with Crippen LogP contribution in [0, 0.1) is 6.92 Å². The average Bonchev–Trinajstić information content (AvgIpc) is 3.44. The number of amides is 1. The van der Waals surface area contributed by atoms with Gasteiger partial charge in [0, 0.05) is 5.56 Å². The van der Waals surface area contributed by atoms with Crippen LogP contribution in [0.5, 0.6) is 17.2 Å². The number of esters is 1. The van der Waals surface area contributed by atoms with Gasteiger partial charge in [0.25, 0.3) is 5.78 Å². The molecule has 39 heavy (non-hydrogen) atoms. The fourth-order valence-electron chi connectivity index (χ4n) is 4.14. The molecule has 0 spiro atoms. The van der Waals surface area contributed by atoms with Crippen LogP contribution in [-0.4, -0.2) is 53.2 Å². The van der Waals surface area contributed by atoms with Gasteiger partial charge in [0.1, 0.15) is 23.0 Å². The van der Waals surface area contributed by atoms with Crippen LogP contribution >= 0.6 is 11.3 Å². The van der Waals surface area contributed by atoms with Crippen LogP contribution in [0.15, 0.2) is 60.7 Å². The molecule has 1 atom stereocenters. The van der Waals surface area contributed by atoms with Crippen molar-refractivity contribution in [3.63, 3.8) is 0 Å². The third-order valence-electron chi connectivity index (χ3n) is 5.89. The van der Waals surface area contributed by atoms with Crippen molar-refractivity contribution < 1.29 is 38.8 Å². The summed E-state index contributed by atoms with van der Waals surface area (Å²) < 4.78 is 15.9. The lowest BCUT2D eigenvalue weighted by molar-refractivity contribution is -0.132. The number of rotatable bonds is 9. The van der Waals surface area contributed by atoms with Crippen LogP contribution in [0.4, 0.5) is 5.13 Å². The van der Waals surface area contributed by atoms with E-state index in [-0.39, 0.29) is 39.3 Å². The third-order valence-corrected chi connectivity index (χ3v) is 7.03. The molecular formula is C28H26N2O8S. The number of phenolic OH excluding ortho intramolecular Hbond substituents is 1. The fourth-order valence-corrected chi connectivity index (χ4v) is 5.13. The SMILES string of the molecule is C=CCOC(=O)c1sc(N2C(=O)C(=O)/C(=C(/O)c3cccc(OCC)c3)C2c2ccc(O)c(OC)c2)nc1C. The van der Waals surface area contributed by atoms with Gasteiger partial charge in [-0.1, -0.05) is 42.2 Å². The predicted octanol–water partition coefficient (Wildman–Crippen LogP) is 4.53. The summed E-state index contributed by atoms with van der Waals surface area (Å²) in [6.45, 7) is 7.30. The lowest BCUT2D eigenvalue weighted by Gasteiger charge is -2.23. The Labute approximate surface area is 228 Å². The number of phenols is 1. The number of carbonyl (C=O) groups is 3. The van der Waals surface area contributed by atoms with Gasteiger partial charge >= 0.3 is 11.9 Å². The fraction of sp³-hybridized carbons (Fsp3) is 0.214. The summed E-state index contributed by atoms with van der Waals surface area (Å²) in [5.41, 5.74) is 0.719. The van der Waals surface area contributed by atoms with Crippen molar-refractivity contribution in [2.45, 2.75) is 19.9 Å². The second kappa shape index (κ2) is 11.4. The van der Waals surface area contributed by atoms with E-state index in [1.807, 2.05) is 6.92 Å². The smallest absolute Gasteiger partial charge is 0.350 e. The van der Waals surface area contributed by atoms with Crippen LogP contribution in [-0.2, 0) is 14.3 Å². The topological polar surface area (TPSA) is 135 Å². The number of thiazole rings is 1. The summed E-state index contributed by atoms with van der Waals surface area (Å²) in [5.74, 6) is -2.56. The molecule has 2 N–H and O–H groups in total. The molecule has 1 amide bonds. The summed E-state index contributed by atoms with van der Waals surface area (Å²) in [4.78, 5) is 45.1. The molecule has 1 saturated heterocycles. The van der Waals surface area contributed by atoms with Crippen molar-refractivity contribution in [2.75, 3.05) is 25.2 Å². The van der Waals surface area contributed by atoms with E-state index in [9.17, 15) is 24.6 Å². The maximum Gasteiger partial charge on any atom is 0.350 e. The summed E-state index contributed by atoms with van der Waals surface area (Å²) in [6, 6.07) is 9.66. The van der Waals surface area contributed by atoms with E-state index in [0.29, 0.717) is 23.6 Å². The van der Waals surface area contributed by atoms with Gasteiger partial charge in [-0.2, -0.15) is 0 Å².